The van der Waals surface area contributed by atoms with Gasteiger partial charge in [-0.05, 0) is 42.7 Å². The zero-order valence-electron chi connectivity index (χ0n) is 21.8. The maximum absolute atomic E-state index is 14.2. The number of amides is 1. The van der Waals surface area contributed by atoms with E-state index in [1.807, 2.05) is 20.8 Å². The van der Waals surface area contributed by atoms with Gasteiger partial charge in [0.15, 0.2) is 11.5 Å². The number of fused-ring (bicyclic) bond motifs is 1. The van der Waals surface area contributed by atoms with Gasteiger partial charge in [-0.3, -0.25) is 14.6 Å². The van der Waals surface area contributed by atoms with E-state index in [9.17, 15) is 22.9 Å². The number of sulfonamides is 1. The number of furan rings is 1. The highest BCUT2D eigenvalue weighted by atomic mass is 32.2. The number of allylic oxidation sites excluding steroid dienone is 1. The Labute approximate surface area is 221 Å². The van der Waals surface area contributed by atoms with E-state index in [2.05, 4.69) is 19.9 Å². The summed E-state index contributed by atoms with van der Waals surface area (Å²) in [7, 11) is -7.59. The van der Waals surface area contributed by atoms with Crippen LogP contribution in [0.1, 0.15) is 39.9 Å². The Hall–Kier alpha value is -3.25. The molecular formula is C24H31N5O7PS+. The number of carbonyl (C=O) groups is 1. The molecule has 12 nitrogen and oxygen atoms in total. The van der Waals surface area contributed by atoms with Crippen molar-refractivity contribution < 1.29 is 36.4 Å². The topological polar surface area (TPSA) is 160 Å². The number of hydrogen-bond donors (Lipinski definition) is 3. The molecule has 1 amide bonds. The molecule has 204 valence electrons. The molecule has 14 heteroatoms. The van der Waals surface area contributed by atoms with E-state index in [-0.39, 0.29) is 52.7 Å². The van der Waals surface area contributed by atoms with Crippen molar-refractivity contribution in [1.82, 2.24) is 0 Å². The van der Waals surface area contributed by atoms with E-state index in [0.29, 0.717) is 12.1 Å². The predicted octanol–water partition coefficient (Wildman–Crippen LogP) is 3.93. The first-order valence-electron chi connectivity index (χ1n) is 11.9. The SMILES string of the molecule is CCOP1(=O)N=C([N+]2(CCC(C)(C)C)N=C(c3ccco3)C(O)=CC2=O)Nc2ccc(NS(C)(=O)=O)cc21. The minimum atomic E-state index is -4.00. The highest BCUT2D eigenvalue weighted by Gasteiger charge is 2.51. The van der Waals surface area contributed by atoms with Crippen molar-refractivity contribution in [3.63, 3.8) is 0 Å². The first kappa shape index (κ1) is 27.8. The van der Waals surface area contributed by atoms with Crippen molar-refractivity contribution >= 4 is 51.8 Å². The lowest BCUT2D eigenvalue weighted by molar-refractivity contribution is -0.769. The van der Waals surface area contributed by atoms with Crippen LogP contribution in [0.5, 0.6) is 0 Å². The van der Waals surface area contributed by atoms with Crippen LogP contribution in [-0.2, 0) is 23.9 Å². The average Bonchev–Trinajstić information content (AvgIpc) is 3.32. The fourth-order valence-corrected chi connectivity index (χ4v) is 6.37. The number of nitrogens with zero attached hydrogens (tertiary/aromatic N) is 3. The van der Waals surface area contributed by atoms with Gasteiger partial charge in [0.2, 0.25) is 15.7 Å². The molecule has 0 bridgehead atoms. The molecule has 2 aliphatic rings. The van der Waals surface area contributed by atoms with Gasteiger partial charge < -0.3 is 14.0 Å². The van der Waals surface area contributed by atoms with Gasteiger partial charge in [0.25, 0.3) is 0 Å². The number of carbonyl (C=O) groups excluding carboxylic acids is 1. The van der Waals surface area contributed by atoms with E-state index in [1.165, 1.54) is 24.5 Å². The van der Waals surface area contributed by atoms with E-state index >= 15 is 0 Å². The van der Waals surface area contributed by atoms with E-state index in [1.54, 1.807) is 19.1 Å². The second kappa shape index (κ2) is 9.81. The largest absolute Gasteiger partial charge is 0.505 e. The van der Waals surface area contributed by atoms with E-state index in [4.69, 9.17) is 8.94 Å². The number of nitrogens with one attached hydrogen (secondary N) is 2. The summed E-state index contributed by atoms with van der Waals surface area (Å²) in [5.41, 5.74) is 0.333. The average molecular weight is 565 g/mol. The number of benzene rings is 1. The number of guanidine groups is 1. The highest BCUT2D eigenvalue weighted by molar-refractivity contribution is 7.92. The fourth-order valence-electron chi connectivity index (χ4n) is 3.98. The van der Waals surface area contributed by atoms with Crippen molar-refractivity contribution in [3.05, 3.63) is 54.2 Å². The van der Waals surface area contributed by atoms with Gasteiger partial charge in [0.1, 0.15) is 6.54 Å². The summed E-state index contributed by atoms with van der Waals surface area (Å²) in [4.78, 5) is 13.6. The van der Waals surface area contributed by atoms with Gasteiger partial charge in [0, 0.05) is 12.1 Å². The fraction of sp³-hybridized carbons (Fsp3) is 0.375. The monoisotopic (exact) mass is 564 g/mol. The lowest BCUT2D eigenvalue weighted by atomic mass is 9.92. The highest BCUT2D eigenvalue weighted by Crippen LogP contribution is 2.53. The number of hydrogen-bond acceptors (Lipinski definition) is 9. The maximum Gasteiger partial charge on any atom is 0.376 e. The molecule has 38 heavy (non-hydrogen) atoms. The van der Waals surface area contributed by atoms with Crippen LogP contribution in [0.2, 0.25) is 0 Å². The Kier molecular flexibility index (Phi) is 7.17. The van der Waals surface area contributed by atoms with Gasteiger partial charge in [-0.15, -0.1) is 4.76 Å². The Morgan fingerprint density at radius 3 is 2.61 bits per heavy atom. The van der Waals surface area contributed by atoms with Gasteiger partial charge in [-0.2, -0.15) is 0 Å². The van der Waals surface area contributed by atoms with Gasteiger partial charge >= 0.3 is 19.4 Å². The quantitative estimate of drug-likeness (QED) is 0.337. The summed E-state index contributed by atoms with van der Waals surface area (Å²) in [6.07, 6.45) is 3.99. The summed E-state index contributed by atoms with van der Waals surface area (Å²) < 4.78 is 54.8. The van der Waals surface area contributed by atoms with Crippen molar-refractivity contribution in [2.24, 2.45) is 15.3 Å². The van der Waals surface area contributed by atoms with E-state index < -0.39 is 28.0 Å². The van der Waals surface area contributed by atoms with Crippen LogP contribution in [-0.4, -0.2) is 55.1 Å². The van der Waals surface area contributed by atoms with Crippen molar-refractivity contribution in [2.45, 2.75) is 34.1 Å². The molecule has 0 saturated heterocycles. The Morgan fingerprint density at radius 1 is 1.26 bits per heavy atom. The molecule has 2 aromatic rings. The molecule has 0 aliphatic carbocycles. The third-order valence-corrected chi connectivity index (χ3v) is 8.46. The van der Waals surface area contributed by atoms with Crippen LogP contribution in [0.4, 0.5) is 11.4 Å². The van der Waals surface area contributed by atoms with Gasteiger partial charge in [0.05, 0.1) is 36.2 Å². The number of rotatable bonds is 7. The summed E-state index contributed by atoms with van der Waals surface area (Å²) in [6, 6.07) is 7.64. The number of quaternary nitrogens is 1. The second-order valence-corrected chi connectivity index (χ2v) is 13.9. The Bertz CT molecular complexity index is 1510. The molecule has 1 aromatic heterocycles. The van der Waals surface area contributed by atoms with Crippen molar-refractivity contribution in [3.8, 4) is 0 Å². The zero-order chi connectivity index (χ0) is 27.9. The third kappa shape index (κ3) is 5.60. The number of aliphatic hydroxyl groups is 1. The maximum atomic E-state index is 14.2. The molecular weight excluding hydrogens is 533 g/mol. The van der Waals surface area contributed by atoms with Crippen LogP contribution >= 0.6 is 7.52 Å². The predicted molar refractivity (Wildman–Crippen MR) is 145 cm³/mol. The number of anilines is 2. The van der Waals surface area contributed by atoms with Crippen LogP contribution in [0.3, 0.4) is 0 Å². The zero-order valence-corrected chi connectivity index (χ0v) is 23.5. The molecule has 3 N–H and O–H groups in total. The van der Waals surface area contributed by atoms with Gasteiger partial charge in [-0.25, -0.2) is 13.2 Å². The molecule has 2 atom stereocenters. The van der Waals surface area contributed by atoms with Crippen LogP contribution in [0.25, 0.3) is 0 Å². The first-order valence-corrected chi connectivity index (χ1v) is 15.4. The van der Waals surface area contributed by atoms with Crippen LogP contribution < -0.4 is 15.3 Å². The lowest BCUT2D eigenvalue weighted by Gasteiger charge is -2.35. The molecule has 0 spiro atoms. The molecule has 0 saturated carbocycles. The Morgan fingerprint density at radius 2 is 2.00 bits per heavy atom. The molecule has 1 aromatic carbocycles. The van der Waals surface area contributed by atoms with Crippen LogP contribution in [0.15, 0.2) is 62.7 Å². The second-order valence-electron chi connectivity index (χ2n) is 10.2. The van der Waals surface area contributed by atoms with Crippen LogP contribution in [0, 0.1) is 5.41 Å². The smallest absolute Gasteiger partial charge is 0.376 e. The Balaban J connectivity index is 1.91. The summed E-state index contributed by atoms with van der Waals surface area (Å²) in [5.74, 6) is -0.781. The molecule has 3 heterocycles. The summed E-state index contributed by atoms with van der Waals surface area (Å²) in [5, 5.41) is 18.4. The molecule has 2 aliphatic heterocycles. The molecule has 4 rings (SSSR count). The standard InChI is InChI=1S/C24H30N5O7PS/c1-6-36-37(32)20-14-16(28-38(5,33)34)9-10-17(20)25-23(27-37)29(12-11-24(2,3)4)21(31)15-18(30)22(26-29)19-8-7-13-35-19/h7-10,13-15H,6,11-12H2,1-5H3,(H2-,25,26,27,28,30,31,32)/p+1. The lowest BCUT2D eigenvalue weighted by Crippen LogP contribution is -2.59. The minimum Gasteiger partial charge on any atom is -0.505 e. The molecule has 2 unspecified atom stereocenters. The van der Waals surface area contributed by atoms with Gasteiger partial charge in [-0.1, -0.05) is 30.5 Å². The summed E-state index contributed by atoms with van der Waals surface area (Å²) in [6.45, 7) is 7.84. The first-order chi connectivity index (χ1) is 17.7. The minimum absolute atomic E-state index is 0.0365. The third-order valence-electron chi connectivity index (χ3n) is 5.81. The van der Waals surface area contributed by atoms with E-state index in [0.717, 1.165) is 12.3 Å². The molecule has 0 radical (unpaired) electrons. The van der Waals surface area contributed by atoms with Crippen molar-refractivity contribution in [1.29, 1.82) is 0 Å². The van der Waals surface area contributed by atoms with Crippen molar-refractivity contribution in [2.75, 3.05) is 29.4 Å². The number of aliphatic hydroxyl groups excluding tert-OH is 1. The molecule has 0 fully saturated rings. The summed E-state index contributed by atoms with van der Waals surface area (Å²) >= 11 is 0. The normalized spacial score (nSPS) is 23.6.